The summed E-state index contributed by atoms with van der Waals surface area (Å²) in [6.45, 7) is 9.27. The Hall–Kier alpha value is -0.560. The van der Waals surface area contributed by atoms with Crippen LogP contribution in [0.2, 0.25) is 0 Å². The van der Waals surface area contributed by atoms with Gasteiger partial charge in [-0.1, -0.05) is 71.3 Å². The van der Waals surface area contributed by atoms with E-state index in [2.05, 4.69) is 74.0 Å². The molecule has 2 rings (SSSR count). The molecule has 0 heterocycles. The molecule has 0 N–H and O–H groups in total. The smallest absolute Gasteiger partial charge is 0.0237 e. The molecule has 0 spiro atoms. The van der Waals surface area contributed by atoms with Gasteiger partial charge in [-0.05, 0) is 50.0 Å². The van der Waals surface area contributed by atoms with Crippen molar-refractivity contribution >= 4 is 15.9 Å². The highest BCUT2D eigenvalue weighted by Crippen LogP contribution is 2.46. The van der Waals surface area contributed by atoms with Crippen LogP contribution < -0.4 is 0 Å². The standard InChI is InChI=1S/C18H25Br/c1-13-5-8-15(9-6-13)10-11-16-14(2)7-12-17(19)18(16,3)4/h5-9,16-17H,10-12H2,1-4H3/t16-,17+/m1/s1. The molecule has 1 aliphatic carbocycles. The zero-order valence-corrected chi connectivity index (χ0v) is 14.1. The molecule has 0 saturated heterocycles. The molecule has 19 heavy (non-hydrogen) atoms. The maximum absolute atomic E-state index is 3.87. The Labute approximate surface area is 126 Å². The van der Waals surface area contributed by atoms with Crippen LogP contribution in [0.25, 0.3) is 0 Å². The third-order valence-corrected chi connectivity index (χ3v) is 6.30. The average Bonchev–Trinajstić information content (AvgIpc) is 2.36. The van der Waals surface area contributed by atoms with E-state index in [-0.39, 0.29) is 0 Å². The highest BCUT2D eigenvalue weighted by atomic mass is 79.9. The second-order valence-corrected chi connectivity index (χ2v) is 7.65. The van der Waals surface area contributed by atoms with Crippen LogP contribution in [0.1, 0.15) is 44.7 Å². The van der Waals surface area contributed by atoms with Crippen LogP contribution in [0.4, 0.5) is 0 Å². The summed E-state index contributed by atoms with van der Waals surface area (Å²) in [5.41, 5.74) is 4.74. The normalized spacial score (nSPS) is 26.1. The lowest BCUT2D eigenvalue weighted by Crippen LogP contribution is -2.36. The van der Waals surface area contributed by atoms with Crippen LogP contribution in [-0.4, -0.2) is 4.83 Å². The first-order chi connectivity index (χ1) is 8.91. The molecular weight excluding hydrogens is 296 g/mol. The van der Waals surface area contributed by atoms with Crippen LogP contribution in [0, 0.1) is 18.3 Å². The van der Waals surface area contributed by atoms with Crippen LogP contribution in [0.15, 0.2) is 35.9 Å². The number of aryl methyl sites for hydroxylation is 2. The molecule has 0 fully saturated rings. The van der Waals surface area contributed by atoms with E-state index in [1.807, 2.05) is 0 Å². The first-order valence-electron chi connectivity index (χ1n) is 7.27. The summed E-state index contributed by atoms with van der Waals surface area (Å²) >= 11 is 3.87. The van der Waals surface area contributed by atoms with Gasteiger partial charge in [0.1, 0.15) is 0 Å². The minimum absolute atomic E-state index is 0.351. The topological polar surface area (TPSA) is 0 Å². The molecule has 1 aliphatic rings. The van der Waals surface area contributed by atoms with Gasteiger partial charge in [0.25, 0.3) is 0 Å². The monoisotopic (exact) mass is 320 g/mol. The van der Waals surface area contributed by atoms with Crippen molar-refractivity contribution in [3.63, 3.8) is 0 Å². The summed E-state index contributed by atoms with van der Waals surface area (Å²) in [6.07, 6.45) is 6.02. The molecule has 0 aromatic heterocycles. The maximum Gasteiger partial charge on any atom is 0.0237 e. The van der Waals surface area contributed by atoms with Gasteiger partial charge in [-0.3, -0.25) is 0 Å². The summed E-state index contributed by atoms with van der Waals surface area (Å²) in [5.74, 6) is 0.687. The SMILES string of the molecule is CC1=CC[C@H](Br)C(C)(C)[C@@H]1CCc1ccc(C)cc1. The number of rotatable bonds is 3. The second kappa shape index (κ2) is 5.83. The van der Waals surface area contributed by atoms with Crippen molar-refractivity contribution in [3.8, 4) is 0 Å². The van der Waals surface area contributed by atoms with E-state index >= 15 is 0 Å². The second-order valence-electron chi connectivity index (χ2n) is 6.55. The Morgan fingerprint density at radius 1 is 1.16 bits per heavy atom. The predicted molar refractivity (Wildman–Crippen MR) is 87.9 cm³/mol. The van der Waals surface area contributed by atoms with Crippen LogP contribution in [0.3, 0.4) is 0 Å². The van der Waals surface area contributed by atoms with Crippen LogP contribution in [0.5, 0.6) is 0 Å². The van der Waals surface area contributed by atoms with E-state index in [4.69, 9.17) is 0 Å². The highest BCUT2D eigenvalue weighted by Gasteiger charge is 2.38. The lowest BCUT2D eigenvalue weighted by atomic mass is 9.66. The quantitative estimate of drug-likeness (QED) is 0.496. The zero-order chi connectivity index (χ0) is 14.0. The summed E-state index contributed by atoms with van der Waals surface area (Å²) in [4.78, 5) is 0.603. The van der Waals surface area contributed by atoms with E-state index in [0.29, 0.717) is 16.2 Å². The third kappa shape index (κ3) is 3.31. The molecule has 0 unspecified atom stereocenters. The fraction of sp³-hybridized carbons (Fsp3) is 0.556. The molecule has 0 bridgehead atoms. The molecule has 2 atom stereocenters. The van der Waals surface area contributed by atoms with Gasteiger partial charge in [-0.15, -0.1) is 0 Å². The summed E-state index contributed by atoms with van der Waals surface area (Å²) < 4.78 is 0. The Balaban J connectivity index is 2.07. The van der Waals surface area contributed by atoms with Crippen molar-refractivity contribution in [2.24, 2.45) is 11.3 Å². The molecule has 1 heteroatoms. The van der Waals surface area contributed by atoms with E-state index in [1.54, 1.807) is 5.57 Å². The van der Waals surface area contributed by atoms with Gasteiger partial charge in [0, 0.05) is 4.83 Å². The molecule has 104 valence electrons. The molecule has 0 saturated carbocycles. The van der Waals surface area contributed by atoms with Crippen molar-refractivity contribution in [2.75, 3.05) is 0 Å². The van der Waals surface area contributed by atoms with Gasteiger partial charge >= 0.3 is 0 Å². The van der Waals surface area contributed by atoms with Crippen molar-refractivity contribution < 1.29 is 0 Å². The first kappa shape index (κ1) is 14.8. The average molecular weight is 321 g/mol. The van der Waals surface area contributed by atoms with Crippen LogP contribution in [-0.2, 0) is 6.42 Å². The summed E-state index contributed by atoms with van der Waals surface area (Å²) in [7, 11) is 0. The molecule has 1 aromatic carbocycles. The first-order valence-corrected chi connectivity index (χ1v) is 8.19. The number of benzene rings is 1. The number of hydrogen-bond donors (Lipinski definition) is 0. The molecule has 0 amide bonds. The van der Waals surface area contributed by atoms with Crippen molar-refractivity contribution in [1.82, 2.24) is 0 Å². The van der Waals surface area contributed by atoms with Gasteiger partial charge in [-0.25, -0.2) is 0 Å². The van der Waals surface area contributed by atoms with Crippen molar-refractivity contribution in [2.45, 2.75) is 51.8 Å². The Kier molecular flexibility index (Phi) is 4.55. The largest absolute Gasteiger partial charge is 0.0881 e. The van der Waals surface area contributed by atoms with Crippen molar-refractivity contribution in [3.05, 3.63) is 47.0 Å². The predicted octanol–water partition coefficient (Wildman–Crippen LogP) is 5.68. The lowest BCUT2D eigenvalue weighted by molar-refractivity contribution is 0.217. The fourth-order valence-electron chi connectivity index (χ4n) is 3.21. The van der Waals surface area contributed by atoms with Crippen molar-refractivity contribution in [1.29, 1.82) is 0 Å². The molecule has 0 aliphatic heterocycles. The Morgan fingerprint density at radius 3 is 2.42 bits per heavy atom. The Morgan fingerprint density at radius 2 is 1.79 bits per heavy atom. The van der Waals surface area contributed by atoms with Gasteiger partial charge in [-0.2, -0.15) is 0 Å². The highest BCUT2D eigenvalue weighted by molar-refractivity contribution is 9.09. The lowest BCUT2D eigenvalue weighted by Gasteiger charge is -2.42. The molecule has 1 aromatic rings. The van der Waals surface area contributed by atoms with E-state index < -0.39 is 0 Å². The van der Waals surface area contributed by atoms with Gasteiger partial charge in [0.05, 0.1) is 0 Å². The summed E-state index contributed by atoms with van der Waals surface area (Å²) in [6, 6.07) is 8.99. The number of allylic oxidation sites excluding steroid dienone is 2. The van der Waals surface area contributed by atoms with E-state index in [1.165, 1.54) is 30.4 Å². The molecule has 0 radical (unpaired) electrons. The number of halogens is 1. The van der Waals surface area contributed by atoms with Gasteiger partial charge in [0.15, 0.2) is 0 Å². The maximum atomic E-state index is 3.87. The number of hydrogen-bond acceptors (Lipinski definition) is 0. The van der Waals surface area contributed by atoms with Crippen LogP contribution >= 0.6 is 15.9 Å². The Bertz CT molecular complexity index is 453. The van der Waals surface area contributed by atoms with Gasteiger partial charge < -0.3 is 0 Å². The zero-order valence-electron chi connectivity index (χ0n) is 12.5. The minimum atomic E-state index is 0.351. The summed E-state index contributed by atoms with van der Waals surface area (Å²) in [5, 5.41) is 0. The minimum Gasteiger partial charge on any atom is -0.0881 e. The third-order valence-electron chi connectivity index (χ3n) is 4.74. The number of alkyl halides is 1. The molecular formula is C18H25Br. The fourth-order valence-corrected chi connectivity index (χ4v) is 3.71. The van der Waals surface area contributed by atoms with E-state index in [0.717, 1.165) is 0 Å². The molecule has 0 nitrogen and oxygen atoms in total. The van der Waals surface area contributed by atoms with E-state index in [9.17, 15) is 0 Å². The van der Waals surface area contributed by atoms with Gasteiger partial charge in [0.2, 0.25) is 0 Å².